The molecule has 1 rings (SSSR count). The highest BCUT2D eigenvalue weighted by molar-refractivity contribution is 7.89. The first-order valence-electron chi connectivity index (χ1n) is 5.32. The molecule has 0 fully saturated rings. The number of nitrogens with one attached hydrogen (secondary N) is 2. The minimum absolute atomic E-state index is 0.0694. The van der Waals surface area contributed by atoms with Gasteiger partial charge in [0.1, 0.15) is 6.54 Å². The predicted molar refractivity (Wildman–Crippen MR) is 68.3 cm³/mol. The molecule has 0 bridgehead atoms. The van der Waals surface area contributed by atoms with Crippen LogP contribution in [0.3, 0.4) is 0 Å². The highest BCUT2D eigenvalue weighted by atomic mass is 32.2. The summed E-state index contributed by atoms with van der Waals surface area (Å²) in [4.78, 5) is 21.2. The van der Waals surface area contributed by atoms with Gasteiger partial charge in [-0.1, -0.05) is 6.07 Å². The van der Waals surface area contributed by atoms with E-state index in [-0.39, 0.29) is 10.8 Å². The Morgan fingerprint density at radius 3 is 2.47 bits per heavy atom. The van der Waals surface area contributed by atoms with Crippen LogP contribution in [-0.2, 0) is 19.6 Å². The van der Waals surface area contributed by atoms with Gasteiger partial charge in [-0.3, -0.25) is 9.59 Å². The Kier molecular flexibility index (Phi) is 4.62. The van der Waals surface area contributed by atoms with Gasteiger partial charge in [0.15, 0.2) is 0 Å². The Balaban J connectivity index is 3.10. The van der Waals surface area contributed by atoms with Crippen molar-refractivity contribution in [1.82, 2.24) is 4.72 Å². The third-order valence-corrected chi connectivity index (χ3v) is 3.75. The van der Waals surface area contributed by atoms with Crippen molar-refractivity contribution in [3.8, 4) is 0 Å². The highest BCUT2D eigenvalue weighted by Gasteiger charge is 2.18. The van der Waals surface area contributed by atoms with Crippen LogP contribution in [0, 0.1) is 6.92 Å². The lowest BCUT2D eigenvalue weighted by Gasteiger charge is -2.10. The van der Waals surface area contributed by atoms with Crippen molar-refractivity contribution in [1.29, 1.82) is 0 Å². The average molecular weight is 286 g/mol. The predicted octanol–water partition coefficient (Wildman–Crippen LogP) is 0.316. The van der Waals surface area contributed by atoms with Crippen molar-refractivity contribution >= 4 is 27.6 Å². The zero-order chi connectivity index (χ0) is 14.6. The van der Waals surface area contributed by atoms with E-state index in [0.29, 0.717) is 11.3 Å². The molecule has 8 heteroatoms. The summed E-state index contributed by atoms with van der Waals surface area (Å²) in [6.07, 6.45) is 0. The number of hydrogen-bond acceptors (Lipinski definition) is 4. The third kappa shape index (κ3) is 4.34. The molecular formula is C11H14N2O5S. The first-order valence-corrected chi connectivity index (χ1v) is 6.80. The Morgan fingerprint density at radius 1 is 1.32 bits per heavy atom. The smallest absolute Gasteiger partial charge is 0.318 e. The van der Waals surface area contributed by atoms with Gasteiger partial charge in [-0.15, -0.1) is 0 Å². The molecule has 1 aromatic carbocycles. The molecule has 0 saturated heterocycles. The van der Waals surface area contributed by atoms with E-state index >= 15 is 0 Å². The number of sulfonamides is 1. The Hall–Kier alpha value is -1.93. The molecular weight excluding hydrogens is 272 g/mol. The maximum Gasteiger partial charge on any atom is 0.318 e. The van der Waals surface area contributed by atoms with Gasteiger partial charge in [0.25, 0.3) is 0 Å². The number of amides is 1. The van der Waals surface area contributed by atoms with E-state index in [1.54, 1.807) is 13.0 Å². The van der Waals surface area contributed by atoms with Crippen molar-refractivity contribution in [3.05, 3.63) is 23.8 Å². The molecule has 19 heavy (non-hydrogen) atoms. The van der Waals surface area contributed by atoms with E-state index in [9.17, 15) is 18.0 Å². The molecule has 0 aliphatic heterocycles. The zero-order valence-corrected chi connectivity index (χ0v) is 11.2. The molecule has 0 unspecified atom stereocenters. The Morgan fingerprint density at radius 2 is 1.95 bits per heavy atom. The molecule has 0 heterocycles. The minimum atomic E-state index is -3.93. The number of carboxylic acid groups (broad SMARTS) is 1. The largest absolute Gasteiger partial charge is 0.480 e. The fraction of sp³-hybridized carbons (Fsp3) is 0.273. The Labute approximate surface area is 110 Å². The summed E-state index contributed by atoms with van der Waals surface area (Å²) in [6, 6.07) is 4.37. The van der Waals surface area contributed by atoms with E-state index in [1.165, 1.54) is 19.1 Å². The van der Waals surface area contributed by atoms with Gasteiger partial charge >= 0.3 is 5.97 Å². The third-order valence-electron chi connectivity index (χ3n) is 2.21. The summed E-state index contributed by atoms with van der Waals surface area (Å²) in [7, 11) is -3.93. The molecule has 7 nitrogen and oxygen atoms in total. The molecule has 0 atom stereocenters. The number of benzene rings is 1. The number of carboxylic acids is 1. The van der Waals surface area contributed by atoms with Crippen LogP contribution in [0.2, 0.25) is 0 Å². The number of aryl methyl sites for hydroxylation is 1. The number of rotatable bonds is 5. The molecule has 3 N–H and O–H groups in total. The minimum Gasteiger partial charge on any atom is -0.480 e. The fourth-order valence-corrected chi connectivity index (χ4v) is 2.65. The fourth-order valence-electron chi connectivity index (χ4n) is 1.41. The van der Waals surface area contributed by atoms with Crippen molar-refractivity contribution in [2.75, 3.05) is 11.9 Å². The number of hydrogen-bond donors (Lipinski definition) is 3. The second-order valence-corrected chi connectivity index (χ2v) is 5.62. The second kappa shape index (κ2) is 5.81. The molecule has 0 saturated carbocycles. The van der Waals surface area contributed by atoms with E-state index in [2.05, 4.69) is 5.32 Å². The molecule has 1 amide bonds. The van der Waals surface area contributed by atoms with E-state index in [0.717, 1.165) is 0 Å². The van der Waals surface area contributed by atoms with E-state index in [4.69, 9.17) is 5.11 Å². The lowest BCUT2D eigenvalue weighted by molar-refractivity contribution is -0.135. The van der Waals surface area contributed by atoms with Crippen molar-refractivity contribution in [2.24, 2.45) is 0 Å². The van der Waals surface area contributed by atoms with Crippen LogP contribution in [0.15, 0.2) is 23.1 Å². The van der Waals surface area contributed by atoms with Gasteiger partial charge in [-0.2, -0.15) is 4.72 Å². The number of carbonyl (C=O) groups is 2. The van der Waals surface area contributed by atoms with E-state index < -0.39 is 22.5 Å². The number of aliphatic carboxylic acids is 1. The number of carbonyl (C=O) groups excluding carboxylic acids is 1. The lowest BCUT2D eigenvalue weighted by atomic mass is 10.2. The normalized spacial score (nSPS) is 11.1. The second-order valence-electron chi connectivity index (χ2n) is 3.88. The highest BCUT2D eigenvalue weighted by Crippen LogP contribution is 2.19. The van der Waals surface area contributed by atoms with Crippen molar-refractivity contribution in [2.45, 2.75) is 18.7 Å². The summed E-state index contributed by atoms with van der Waals surface area (Å²) in [5.74, 6) is -1.61. The van der Waals surface area contributed by atoms with Gasteiger partial charge in [0, 0.05) is 12.6 Å². The maximum absolute atomic E-state index is 11.9. The summed E-state index contributed by atoms with van der Waals surface area (Å²) in [5.41, 5.74) is 0.779. The summed E-state index contributed by atoms with van der Waals surface area (Å²) >= 11 is 0. The van der Waals surface area contributed by atoms with Crippen LogP contribution in [0.4, 0.5) is 5.69 Å². The maximum atomic E-state index is 11.9. The first kappa shape index (κ1) is 15.1. The lowest BCUT2D eigenvalue weighted by Crippen LogP contribution is -2.30. The van der Waals surface area contributed by atoms with Gasteiger partial charge < -0.3 is 10.4 Å². The monoisotopic (exact) mass is 286 g/mol. The van der Waals surface area contributed by atoms with Gasteiger partial charge in [-0.25, -0.2) is 8.42 Å². The van der Waals surface area contributed by atoms with Crippen molar-refractivity contribution < 1.29 is 23.1 Å². The van der Waals surface area contributed by atoms with Crippen LogP contribution in [0.1, 0.15) is 12.5 Å². The first-order chi connectivity index (χ1) is 8.72. The SMILES string of the molecule is CC(=O)Nc1ccc(C)c(S(=O)(=O)NCC(=O)O)c1. The van der Waals surface area contributed by atoms with Gasteiger partial charge in [-0.05, 0) is 24.6 Å². The molecule has 0 radical (unpaired) electrons. The quantitative estimate of drug-likeness (QED) is 0.721. The van der Waals surface area contributed by atoms with Crippen LogP contribution in [0.5, 0.6) is 0 Å². The molecule has 0 aliphatic carbocycles. The van der Waals surface area contributed by atoms with Gasteiger partial charge in [0.2, 0.25) is 15.9 Å². The molecule has 1 aromatic rings. The van der Waals surface area contributed by atoms with Crippen LogP contribution in [0.25, 0.3) is 0 Å². The zero-order valence-electron chi connectivity index (χ0n) is 10.4. The molecule has 0 spiro atoms. The summed E-state index contributed by atoms with van der Waals surface area (Å²) in [6.45, 7) is 2.18. The average Bonchev–Trinajstić information content (AvgIpc) is 2.28. The standard InChI is InChI=1S/C11H14N2O5S/c1-7-3-4-9(13-8(2)14)5-10(7)19(17,18)12-6-11(15)16/h3-5,12H,6H2,1-2H3,(H,13,14)(H,15,16). The topological polar surface area (TPSA) is 113 Å². The van der Waals surface area contributed by atoms with Crippen LogP contribution < -0.4 is 10.0 Å². The summed E-state index contributed by atoms with van der Waals surface area (Å²) < 4.78 is 25.8. The van der Waals surface area contributed by atoms with E-state index in [1.807, 2.05) is 4.72 Å². The van der Waals surface area contributed by atoms with Gasteiger partial charge in [0.05, 0.1) is 4.90 Å². The van der Waals surface area contributed by atoms with Crippen LogP contribution in [-0.4, -0.2) is 31.9 Å². The number of anilines is 1. The van der Waals surface area contributed by atoms with Crippen molar-refractivity contribution in [3.63, 3.8) is 0 Å². The van der Waals surface area contributed by atoms with Crippen LogP contribution >= 0.6 is 0 Å². The summed E-state index contributed by atoms with van der Waals surface area (Å²) in [5, 5.41) is 10.9. The molecule has 104 valence electrons. The Bertz CT molecular complexity index is 610. The molecule has 0 aromatic heterocycles. The molecule has 0 aliphatic rings.